The Morgan fingerprint density at radius 2 is 1.68 bits per heavy atom. The molecule has 0 aliphatic carbocycles. The van der Waals surface area contributed by atoms with Gasteiger partial charge in [0.25, 0.3) is 0 Å². The van der Waals surface area contributed by atoms with E-state index < -0.39 is 29.9 Å². The van der Waals surface area contributed by atoms with Crippen LogP contribution in [0, 0.1) is 5.82 Å². The van der Waals surface area contributed by atoms with Crippen LogP contribution in [-0.4, -0.2) is 18.3 Å². The molecule has 7 heteroatoms. The number of benzene rings is 1. The highest BCUT2D eigenvalue weighted by Crippen LogP contribution is 2.37. The second-order valence-corrected chi connectivity index (χ2v) is 5.89. The molecule has 2 rings (SSSR count). The van der Waals surface area contributed by atoms with Gasteiger partial charge in [0.05, 0.1) is 16.2 Å². The predicted molar refractivity (Wildman–Crippen MR) is 68.9 cm³/mol. The van der Waals surface area contributed by atoms with E-state index in [4.69, 9.17) is 20.9 Å². The summed E-state index contributed by atoms with van der Waals surface area (Å²) in [6.07, 6.45) is 0. The molecule has 0 atom stereocenters. The van der Waals surface area contributed by atoms with E-state index in [0.29, 0.717) is 5.46 Å². The van der Waals surface area contributed by atoms with E-state index >= 15 is 0 Å². The van der Waals surface area contributed by atoms with E-state index in [9.17, 15) is 8.92 Å². The molecule has 0 N–H and O–H groups in total. The van der Waals surface area contributed by atoms with Crippen LogP contribution in [0.15, 0.2) is 12.1 Å². The maximum atomic E-state index is 13.6. The van der Waals surface area contributed by atoms with Crippen LogP contribution in [0.1, 0.15) is 27.7 Å². The highest BCUT2D eigenvalue weighted by atomic mass is 35.5. The van der Waals surface area contributed by atoms with Gasteiger partial charge in [-0.25, -0.2) is 4.39 Å². The minimum absolute atomic E-state index is 0.174. The van der Waals surface area contributed by atoms with Gasteiger partial charge >= 0.3 is 7.12 Å². The lowest BCUT2D eigenvalue weighted by Gasteiger charge is -2.32. The number of hydrogen-bond donors (Lipinski definition) is 0. The molecule has 1 saturated heterocycles. The van der Waals surface area contributed by atoms with Crippen molar-refractivity contribution in [1.82, 2.24) is 0 Å². The van der Waals surface area contributed by atoms with Gasteiger partial charge in [0.2, 0.25) is 5.75 Å². The van der Waals surface area contributed by atoms with Crippen molar-refractivity contribution in [2.24, 2.45) is 0 Å². The van der Waals surface area contributed by atoms with Gasteiger partial charge in [0.1, 0.15) is 0 Å². The first-order chi connectivity index (χ1) is 8.68. The van der Waals surface area contributed by atoms with E-state index in [2.05, 4.69) is 4.94 Å². The Balaban J connectivity index is 2.35. The Morgan fingerprint density at radius 1 is 1.16 bits per heavy atom. The second kappa shape index (κ2) is 4.61. The average molecular weight is 291 g/mol. The third-order valence-electron chi connectivity index (χ3n) is 3.62. The first-order valence-corrected chi connectivity index (χ1v) is 6.19. The summed E-state index contributed by atoms with van der Waals surface area (Å²) in [5.41, 5.74) is -0.715. The molecular weight excluding hydrogens is 276 g/mol. The monoisotopic (exact) mass is 290 g/mol. The molecular formula is C12H14BClF2O3. The van der Waals surface area contributed by atoms with Gasteiger partial charge in [0.15, 0.2) is 5.82 Å². The van der Waals surface area contributed by atoms with Crippen molar-refractivity contribution in [1.29, 1.82) is 0 Å². The summed E-state index contributed by atoms with van der Waals surface area (Å²) in [4.78, 5) is 3.39. The van der Waals surface area contributed by atoms with Gasteiger partial charge in [-0.3, -0.25) is 4.94 Å². The van der Waals surface area contributed by atoms with Gasteiger partial charge in [-0.2, -0.15) is 0 Å². The van der Waals surface area contributed by atoms with Crippen molar-refractivity contribution < 1.29 is 23.2 Å². The van der Waals surface area contributed by atoms with E-state index in [0.717, 1.165) is 6.07 Å². The number of rotatable bonds is 2. The lowest BCUT2D eigenvalue weighted by molar-refractivity contribution is -0.0105. The second-order valence-electron chi connectivity index (χ2n) is 5.48. The molecule has 0 bridgehead atoms. The van der Waals surface area contributed by atoms with Crippen LogP contribution < -0.4 is 10.4 Å². The van der Waals surface area contributed by atoms with Gasteiger partial charge in [-0.1, -0.05) is 11.6 Å². The Kier molecular flexibility index (Phi) is 3.54. The van der Waals surface area contributed by atoms with E-state index in [1.165, 1.54) is 6.07 Å². The largest absolute Gasteiger partial charge is 0.494 e. The predicted octanol–water partition coefficient (Wildman–Crippen LogP) is 3.04. The van der Waals surface area contributed by atoms with Crippen molar-refractivity contribution in [2.45, 2.75) is 38.9 Å². The van der Waals surface area contributed by atoms with E-state index in [-0.39, 0.29) is 5.02 Å². The minimum Gasteiger partial charge on any atom is -0.399 e. The van der Waals surface area contributed by atoms with Crippen LogP contribution in [-0.2, 0) is 9.31 Å². The molecule has 0 radical (unpaired) electrons. The number of hydrogen-bond acceptors (Lipinski definition) is 3. The fourth-order valence-corrected chi connectivity index (χ4v) is 2.01. The standard InChI is InChI=1S/C12H14BClF2O3/c1-11(2)12(3,4)19-13(18-11)7-5-8(14)10(17-16)9(15)6-7/h5-6H,1-4H3. The maximum Gasteiger partial charge on any atom is 0.494 e. The summed E-state index contributed by atoms with van der Waals surface area (Å²) >= 11 is 5.74. The summed E-state index contributed by atoms with van der Waals surface area (Å²) in [5, 5.41) is -0.174. The highest BCUT2D eigenvalue weighted by molar-refractivity contribution is 6.62. The normalized spacial score (nSPS) is 20.7. The summed E-state index contributed by atoms with van der Waals surface area (Å²) in [7, 11) is -0.759. The molecule has 3 nitrogen and oxygen atoms in total. The quantitative estimate of drug-likeness (QED) is 0.784. The summed E-state index contributed by atoms with van der Waals surface area (Å²) in [6, 6.07) is 2.45. The Hall–Kier alpha value is -0.845. The smallest absolute Gasteiger partial charge is 0.399 e. The summed E-state index contributed by atoms with van der Waals surface area (Å²) in [6.45, 7) is 7.52. The first-order valence-electron chi connectivity index (χ1n) is 5.81. The highest BCUT2D eigenvalue weighted by Gasteiger charge is 2.51. The van der Waals surface area contributed by atoms with Gasteiger partial charge in [0, 0.05) is 4.53 Å². The SMILES string of the molecule is CC1(C)OB(c2cc(F)c(OF)c(Cl)c2)OC1(C)C. The van der Waals surface area contributed by atoms with Crippen LogP contribution in [0.4, 0.5) is 8.92 Å². The topological polar surface area (TPSA) is 27.7 Å². The zero-order chi connectivity index (χ0) is 14.4. The fraction of sp³-hybridized carbons (Fsp3) is 0.500. The minimum atomic E-state index is -0.903. The fourth-order valence-electron chi connectivity index (χ4n) is 1.77. The molecule has 1 aliphatic rings. The molecule has 1 fully saturated rings. The molecule has 1 aromatic rings. The molecule has 0 amide bonds. The molecule has 104 valence electrons. The summed E-state index contributed by atoms with van der Waals surface area (Å²) < 4.78 is 37.2. The van der Waals surface area contributed by atoms with Gasteiger partial charge in [-0.05, 0) is 45.3 Å². The molecule has 1 aromatic carbocycles. The summed E-state index contributed by atoms with van der Waals surface area (Å²) in [5.74, 6) is -1.54. The lowest BCUT2D eigenvalue weighted by Crippen LogP contribution is -2.41. The lowest BCUT2D eigenvalue weighted by atomic mass is 9.79. The zero-order valence-electron chi connectivity index (χ0n) is 11.1. The van der Waals surface area contributed by atoms with Crippen LogP contribution in [0.2, 0.25) is 5.02 Å². The Morgan fingerprint density at radius 3 is 2.11 bits per heavy atom. The van der Waals surface area contributed by atoms with Crippen molar-refractivity contribution in [3.8, 4) is 5.75 Å². The first kappa shape index (κ1) is 14.6. The molecule has 0 aromatic heterocycles. The molecule has 0 saturated carbocycles. The van der Waals surface area contributed by atoms with Crippen molar-refractivity contribution in [2.75, 3.05) is 0 Å². The Labute approximate surface area is 115 Å². The van der Waals surface area contributed by atoms with Crippen molar-refractivity contribution in [3.63, 3.8) is 0 Å². The van der Waals surface area contributed by atoms with E-state index in [1.54, 1.807) is 0 Å². The van der Waals surface area contributed by atoms with Crippen LogP contribution in [0.25, 0.3) is 0 Å². The van der Waals surface area contributed by atoms with Crippen LogP contribution >= 0.6 is 11.6 Å². The Bertz CT molecular complexity index is 469. The number of halogens is 3. The molecule has 0 unspecified atom stereocenters. The third kappa shape index (κ3) is 2.44. The van der Waals surface area contributed by atoms with E-state index in [1.807, 2.05) is 27.7 Å². The zero-order valence-corrected chi connectivity index (χ0v) is 11.8. The molecule has 19 heavy (non-hydrogen) atoms. The van der Waals surface area contributed by atoms with Gasteiger partial charge in [-0.15, -0.1) is 0 Å². The van der Waals surface area contributed by atoms with Crippen molar-refractivity contribution in [3.05, 3.63) is 23.0 Å². The van der Waals surface area contributed by atoms with Crippen LogP contribution in [0.3, 0.4) is 0 Å². The van der Waals surface area contributed by atoms with Gasteiger partial charge < -0.3 is 9.31 Å². The molecule has 1 aliphatic heterocycles. The third-order valence-corrected chi connectivity index (χ3v) is 3.90. The maximum absolute atomic E-state index is 13.6. The van der Waals surface area contributed by atoms with Crippen molar-refractivity contribution >= 4 is 24.2 Å². The average Bonchev–Trinajstić information content (AvgIpc) is 2.47. The molecule has 1 heterocycles. The van der Waals surface area contributed by atoms with Crippen LogP contribution in [0.5, 0.6) is 5.75 Å². The molecule has 0 spiro atoms.